The van der Waals surface area contributed by atoms with Gasteiger partial charge in [-0.25, -0.2) is 12.8 Å². The largest absolute Gasteiger partial charge is 0.285 e. The van der Waals surface area contributed by atoms with Crippen molar-refractivity contribution in [2.24, 2.45) is 0 Å². The van der Waals surface area contributed by atoms with Gasteiger partial charge in [0.15, 0.2) is 11.5 Å². The number of hydrogen-bond acceptors (Lipinski definition) is 4. The van der Waals surface area contributed by atoms with E-state index in [1.54, 1.807) is 0 Å². The predicted molar refractivity (Wildman–Crippen MR) is 90.7 cm³/mol. The molecule has 1 saturated heterocycles. The molecule has 130 valence electrons. The van der Waals surface area contributed by atoms with E-state index in [0.29, 0.717) is 30.0 Å². The summed E-state index contributed by atoms with van der Waals surface area (Å²) in [7, 11) is -3.54. The van der Waals surface area contributed by atoms with Gasteiger partial charge >= 0.3 is 0 Å². The van der Waals surface area contributed by atoms with Crippen LogP contribution in [0.15, 0.2) is 48.7 Å². The lowest BCUT2D eigenvalue weighted by Gasteiger charge is -2.23. The van der Waals surface area contributed by atoms with Gasteiger partial charge in [0.25, 0.3) is 0 Å². The van der Waals surface area contributed by atoms with E-state index in [0.717, 1.165) is 6.42 Å². The van der Waals surface area contributed by atoms with Crippen LogP contribution in [-0.2, 0) is 15.8 Å². The number of benzene rings is 1. The summed E-state index contributed by atoms with van der Waals surface area (Å²) in [4.78, 5) is 0. The van der Waals surface area contributed by atoms with Crippen molar-refractivity contribution < 1.29 is 12.8 Å². The van der Waals surface area contributed by atoms with E-state index < -0.39 is 10.0 Å². The molecule has 0 amide bonds. The number of hydrogen-bond donors (Lipinski definition) is 0. The van der Waals surface area contributed by atoms with Crippen molar-refractivity contribution in [3.8, 4) is 0 Å². The van der Waals surface area contributed by atoms with E-state index >= 15 is 0 Å². The van der Waals surface area contributed by atoms with Gasteiger partial charge in [-0.1, -0.05) is 18.2 Å². The Morgan fingerprint density at radius 3 is 2.72 bits per heavy atom. The van der Waals surface area contributed by atoms with Gasteiger partial charge in [-0.05, 0) is 42.7 Å². The Hall–Kier alpha value is -2.32. The zero-order valence-electron chi connectivity index (χ0n) is 13.4. The van der Waals surface area contributed by atoms with E-state index in [2.05, 4.69) is 10.2 Å². The first-order chi connectivity index (χ1) is 12.0. The maximum atomic E-state index is 13.0. The first-order valence-corrected chi connectivity index (χ1v) is 9.69. The van der Waals surface area contributed by atoms with Crippen LogP contribution in [0.4, 0.5) is 4.39 Å². The lowest BCUT2D eigenvalue weighted by Crippen LogP contribution is -2.32. The zero-order valence-corrected chi connectivity index (χ0v) is 14.2. The minimum absolute atomic E-state index is 0.152. The summed E-state index contributed by atoms with van der Waals surface area (Å²) in [5.41, 5.74) is 1.26. The summed E-state index contributed by atoms with van der Waals surface area (Å²) in [6.45, 7) is 0.454. The predicted octanol–water partition coefficient (Wildman–Crippen LogP) is 2.54. The van der Waals surface area contributed by atoms with Crippen LogP contribution in [0.3, 0.4) is 0 Å². The Morgan fingerprint density at radius 1 is 1.12 bits per heavy atom. The molecule has 4 rings (SSSR count). The highest BCUT2D eigenvalue weighted by atomic mass is 32.2. The Balaban J connectivity index is 1.65. The second-order valence-corrected chi connectivity index (χ2v) is 8.06. The van der Waals surface area contributed by atoms with Crippen LogP contribution >= 0.6 is 0 Å². The van der Waals surface area contributed by atoms with Gasteiger partial charge in [0.1, 0.15) is 5.82 Å². The topological polar surface area (TPSA) is 67.6 Å². The van der Waals surface area contributed by atoms with Crippen LogP contribution in [0.2, 0.25) is 0 Å². The normalized spacial score (nSPS) is 18.8. The SMILES string of the molecule is O=S(=O)(Cc1ccc(F)cc1)N1CCC[C@H]1c1nnc2ccccn12. The lowest BCUT2D eigenvalue weighted by atomic mass is 10.2. The highest BCUT2D eigenvalue weighted by Gasteiger charge is 2.37. The van der Waals surface area contributed by atoms with Gasteiger partial charge in [0.2, 0.25) is 10.0 Å². The zero-order chi connectivity index (χ0) is 17.4. The summed E-state index contributed by atoms with van der Waals surface area (Å²) in [5, 5.41) is 8.34. The first-order valence-electron chi connectivity index (χ1n) is 8.08. The fourth-order valence-corrected chi connectivity index (χ4v) is 5.07. The molecule has 3 heterocycles. The molecule has 0 N–H and O–H groups in total. The maximum absolute atomic E-state index is 13.0. The van der Waals surface area contributed by atoms with E-state index in [1.807, 2.05) is 28.8 Å². The number of rotatable bonds is 4. The minimum atomic E-state index is -3.54. The van der Waals surface area contributed by atoms with E-state index in [9.17, 15) is 12.8 Å². The van der Waals surface area contributed by atoms with Crippen LogP contribution in [0.5, 0.6) is 0 Å². The molecule has 0 saturated carbocycles. The molecule has 0 unspecified atom stereocenters. The number of nitrogens with zero attached hydrogens (tertiary/aromatic N) is 4. The van der Waals surface area contributed by atoms with E-state index in [-0.39, 0.29) is 17.6 Å². The van der Waals surface area contributed by atoms with Crippen molar-refractivity contribution in [2.45, 2.75) is 24.6 Å². The van der Waals surface area contributed by atoms with Crippen LogP contribution in [0.1, 0.15) is 30.3 Å². The Bertz CT molecular complexity index is 1000. The summed E-state index contributed by atoms with van der Waals surface area (Å²) < 4.78 is 42.2. The highest BCUT2D eigenvalue weighted by Crippen LogP contribution is 2.34. The molecule has 2 aromatic heterocycles. The molecule has 25 heavy (non-hydrogen) atoms. The van der Waals surface area contributed by atoms with Gasteiger partial charge < -0.3 is 0 Å². The molecular formula is C17H17FN4O2S. The average molecular weight is 360 g/mol. The second-order valence-electron chi connectivity index (χ2n) is 6.14. The standard InChI is InChI=1S/C17H17FN4O2S/c18-14-8-6-13(7-9-14)12-25(23,24)22-11-3-4-15(22)17-20-19-16-5-1-2-10-21(16)17/h1-2,5-10,15H,3-4,11-12H2/t15-/m0/s1. The molecule has 3 aromatic rings. The number of pyridine rings is 1. The van der Waals surface area contributed by atoms with E-state index in [4.69, 9.17) is 0 Å². The van der Waals surface area contributed by atoms with Gasteiger partial charge in [-0.15, -0.1) is 10.2 Å². The van der Waals surface area contributed by atoms with Crippen LogP contribution < -0.4 is 0 Å². The van der Waals surface area contributed by atoms with Crippen LogP contribution in [-0.4, -0.2) is 33.9 Å². The average Bonchev–Trinajstić information content (AvgIpc) is 3.23. The van der Waals surface area contributed by atoms with Crippen LogP contribution in [0, 0.1) is 5.82 Å². The molecule has 0 aliphatic carbocycles. The Morgan fingerprint density at radius 2 is 1.92 bits per heavy atom. The van der Waals surface area contributed by atoms with Gasteiger partial charge in [-0.3, -0.25) is 4.40 Å². The Kier molecular flexibility index (Phi) is 4.01. The first kappa shape index (κ1) is 16.2. The molecule has 1 atom stereocenters. The van der Waals surface area contributed by atoms with Gasteiger partial charge in [-0.2, -0.15) is 4.31 Å². The number of halogens is 1. The van der Waals surface area contributed by atoms with Crippen molar-refractivity contribution in [1.29, 1.82) is 0 Å². The van der Waals surface area contributed by atoms with Crippen molar-refractivity contribution in [1.82, 2.24) is 18.9 Å². The summed E-state index contributed by atoms with van der Waals surface area (Å²) in [5.74, 6) is 0.103. The quantitative estimate of drug-likeness (QED) is 0.717. The molecule has 6 nitrogen and oxygen atoms in total. The molecular weight excluding hydrogens is 343 g/mol. The molecule has 1 aliphatic rings. The molecule has 0 bridgehead atoms. The van der Waals surface area contributed by atoms with Crippen LogP contribution in [0.25, 0.3) is 5.65 Å². The third-order valence-corrected chi connectivity index (χ3v) is 6.31. The fourth-order valence-electron chi connectivity index (χ4n) is 3.29. The third-order valence-electron chi connectivity index (χ3n) is 4.46. The van der Waals surface area contributed by atoms with Crippen molar-refractivity contribution in [3.05, 3.63) is 65.9 Å². The molecule has 0 radical (unpaired) electrons. The van der Waals surface area contributed by atoms with Crippen molar-refractivity contribution >= 4 is 15.7 Å². The maximum Gasteiger partial charge on any atom is 0.218 e. The van der Waals surface area contributed by atoms with E-state index in [1.165, 1.54) is 28.6 Å². The fraction of sp³-hybridized carbons (Fsp3) is 0.294. The summed E-state index contributed by atoms with van der Waals surface area (Å²) in [6.07, 6.45) is 3.32. The second kappa shape index (κ2) is 6.20. The highest BCUT2D eigenvalue weighted by molar-refractivity contribution is 7.88. The lowest BCUT2D eigenvalue weighted by molar-refractivity contribution is 0.381. The monoisotopic (exact) mass is 360 g/mol. The van der Waals surface area contributed by atoms with Crippen molar-refractivity contribution in [3.63, 3.8) is 0 Å². The molecule has 1 fully saturated rings. The number of aromatic nitrogens is 3. The molecule has 1 aliphatic heterocycles. The smallest absolute Gasteiger partial charge is 0.218 e. The third kappa shape index (κ3) is 3.03. The minimum Gasteiger partial charge on any atom is -0.285 e. The number of fused-ring (bicyclic) bond motifs is 1. The van der Waals surface area contributed by atoms with Gasteiger partial charge in [0, 0.05) is 12.7 Å². The van der Waals surface area contributed by atoms with Gasteiger partial charge in [0.05, 0.1) is 11.8 Å². The summed E-state index contributed by atoms with van der Waals surface area (Å²) in [6, 6.07) is 10.8. The Labute approximate surface area is 145 Å². The molecule has 0 spiro atoms. The number of sulfonamides is 1. The summed E-state index contributed by atoms with van der Waals surface area (Å²) >= 11 is 0. The van der Waals surface area contributed by atoms with Crippen molar-refractivity contribution in [2.75, 3.05) is 6.54 Å². The molecule has 1 aromatic carbocycles. The molecule has 8 heteroatoms.